The molecular formula is C35H58N2O. The summed E-state index contributed by atoms with van der Waals surface area (Å²) in [6.07, 6.45) is 18.4. The highest BCUT2D eigenvalue weighted by Crippen LogP contribution is 2.68. The summed E-state index contributed by atoms with van der Waals surface area (Å²) in [5.74, 6) is 5.91. The fourth-order valence-corrected chi connectivity index (χ4v) is 10.8. The molecule has 0 saturated heterocycles. The first-order valence-corrected chi connectivity index (χ1v) is 16.4. The molecule has 0 amide bonds. The molecule has 4 fully saturated rings. The van der Waals surface area contributed by atoms with Crippen molar-refractivity contribution in [2.75, 3.05) is 18.1 Å². The van der Waals surface area contributed by atoms with E-state index in [2.05, 4.69) is 46.8 Å². The van der Waals surface area contributed by atoms with Gasteiger partial charge in [0, 0.05) is 11.4 Å². The molecule has 4 aliphatic rings. The Labute approximate surface area is 234 Å². The summed E-state index contributed by atoms with van der Waals surface area (Å²) in [5.41, 5.74) is 15.9. The molecule has 3 nitrogen and oxygen atoms in total. The Balaban J connectivity index is 1.34. The lowest BCUT2D eigenvalue weighted by molar-refractivity contribution is -0.116. The van der Waals surface area contributed by atoms with E-state index in [1.54, 1.807) is 0 Å². The van der Waals surface area contributed by atoms with Crippen LogP contribution >= 0.6 is 0 Å². The predicted molar refractivity (Wildman–Crippen MR) is 162 cm³/mol. The second kappa shape index (κ2) is 11.3. The quantitative estimate of drug-likeness (QED) is 0.318. The Morgan fingerprint density at radius 3 is 2.37 bits per heavy atom. The van der Waals surface area contributed by atoms with Crippen molar-refractivity contribution in [2.45, 2.75) is 124 Å². The minimum atomic E-state index is 0.396. The van der Waals surface area contributed by atoms with Crippen LogP contribution in [-0.2, 0) is 11.2 Å². The van der Waals surface area contributed by atoms with Gasteiger partial charge in [0.05, 0.1) is 12.7 Å². The molecule has 1 aromatic carbocycles. The maximum absolute atomic E-state index is 6.93. The molecule has 5 rings (SSSR count). The molecule has 1 aromatic rings. The maximum atomic E-state index is 6.93. The van der Waals surface area contributed by atoms with Crippen molar-refractivity contribution in [3.05, 3.63) is 23.8 Å². The van der Waals surface area contributed by atoms with Crippen molar-refractivity contribution in [3.63, 3.8) is 0 Å². The van der Waals surface area contributed by atoms with Gasteiger partial charge in [-0.3, -0.25) is 0 Å². The summed E-state index contributed by atoms with van der Waals surface area (Å²) in [5, 5.41) is 0. The second-order valence-electron chi connectivity index (χ2n) is 15.2. The van der Waals surface area contributed by atoms with Gasteiger partial charge in [-0.1, -0.05) is 66.7 Å². The van der Waals surface area contributed by atoms with Gasteiger partial charge in [0.25, 0.3) is 0 Å². The normalized spacial score (nSPS) is 39.4. The zero-order valence-electron chi connectivity index (χ0n) is 25.3. The van der Waals surface area contributed by atoms with E-state index in [-0.39, 0.29) is 0 Å². The number of ether oxygens (including phenoxy) is 1. The topological polar surface area (TPSA) is 61.3 Å². The van der Waals surface area contributed by atoms with Gasteiger partial charge in [0.2, 0.25) is 0 Å². The molecule has 0 aromatic heterocycles. The van der Waals surface area contributed by atoms with Crippen LogP contribution in [0.3, 0.4) is 0 Å². The third-order valence-electron chi connectivity index (χ3n) is 12.5. The van der Waals surface area contributed by atoms with E-state index in [1.165, 1.54) is 82.6 Å². The Kier molecular flexibility index (Phi) is 8.45. The summed E-state index contributed by atoms with van der Waals surface area (Å²) in [6.45, 7) is 13.5. The standard InChI is InChI=1S/C35H58N2O/c1-23(2)9-8-10-24(3)33-32(38-18-15-25-19-27(36)21-28(37)20-25)22-31-29-13-12-26-11-6-7-16-34(26,4)30(29)14-17-35(31,33)5/h19-21,23-24,26,29-33H,6-18,22,36-37H2,1-5H3/t24-,26?,29-,30+,31+,32?,33+,34+,35+/m1/s1. The van der Waals surface area contributed by atoms with Crippen LogP contribution in [0.15, 0.2) is 18.2 Å². The van der Waals surface area contributed by atoms with Crippen LogP contribution in [0.4, 0.5) is 11.4 Å². The number of nitrogen functional groups attached to an aromatic ring is 2. The van der Waals surface area contributed by atoms with Gasteiger partial charge >= 0.3 is 0 Å². The van der Waals surface area contributed by atoms with Crippen LogP contribution in [0, 0.1) is 52.3 Å². The number of nitrogens with two attached hydrogens (primary N) is 2. The highest BCUT2D eigenvalue weighted by molar-refractivity contribution is 5.54. The average Bonchev–Trinajstić information content (AvgIpc) is 3.15. The van der Waals surface area contributed by atoms with E-state index < -0.39 is 0 Å². The number of rotatable bonds is 9. The monoisotopic (exact) mass is 522 g/mol. The summed E-state index contributed by atoms with van der Waals surface area (Å²) in [7, 11) is 0. The van der Waals surface area contributed by atoms with E-state index in [4.69, 9.17) is 16.2 Å². The molecule has 2 unspecified atom stereocenters. The van der Waals surface area contributed by atoms with Crippen LogP contribution in [0.25, 0.3) is 0 Å². The van der Waals surface area contributed by atoms with Gasteiger partial charge in [-0.15, -0.1) is 0 Å². The minimum absolute atomic E-state index is 0.396. The predicted octanol–water partition coefficient (Wildman–Crippen LogP) is 8.90. The highest BCUT2D eigenvalue weighted by Gasteiger charge is 2.62. The number of hydrogen-bond acceptors (Lipinski definition) is 3. The molecular weight excluding hydrogens is 464 g/mol. The number of hydrogen-bond donors (Lipinski definition) is 2. The van der Waals surface area contributed by atoms with Crippen molar-refractivity contribution in [1.29, 1.82) is 0 Å². The van der Waals surface area contributed by atoms with Crippen LogP contribution < -0.4 is 11.5 Å². The maximum Gasteiger partial charge on any atom is 0.0614 e. The summed E-state index contributed by atoms with van der Waals surface area (Å²) in [4.78, 5) is 0. The summed E-state index contributed by atoms with van der Waals surface area (Å²) in [6, 6.07) is 5.98. The molecule has 0 bridgehead atoms. The van der Waals surface area contributed by atoms with Gasteiger partial charge < -0.3 is 16.2 Å². The summed E-state index contributed by atoms with van der Waals surface area (Å²) >= 11 is 0. The van der Waals surface area contributed by atoms with Crippen LogP contribution in [0.1, 0.15) is 117 Å². The smallest absolute Gasteiger partial charge is 0.0614 e. The second-order valence-corrected chi connectivity index (χ2v) is 15.2. The van der Waals surface area contributed by atoms with E-state index in [9.17, 15) is 0 Å². The Morgan fingerprint density at radius 1 is 0.868 bits per heavy atom. The highest BCUT2D eigenvalue weighted by atomic mass is 16.5. The van der Waals surface area contributed by atoms with Gasteiger partial charge in [-0.2, -0.15) is 0 Å². The van der Waals surface area contributed by atoms with Crippen LogP contribution in [0.2, 0.25) is 0 Å². The molecule has 214 valence electrons. The lowest BCUT2D eigenvalue weighted by atomic mass is 9.44. The van der Waals surface area contributed by atoms with Gasteiger partial charge in [0.1, 0.15) is 0 Å². The Bertz CT molecular complexity index is 924. The van der Waals surface area contributed by atoms with E-state index in [0.29, 0.717) is 22.9 Å². The van der Waals surface area contributed by atoms with Crippen molar-refractivity contribution in [2.24, 2.45) is 52.3 Å². The number of anilines is 2. The third kappa shape index (κ3) is 5.39. The van der Waals surface area contributed by atoms with Crippen LogP contribution in [0.5, 0.6) is 0 Å². The van der Waals surface area contributed by atoms with Crippen molar-refractivity contribution in [1.82, 2.24) is 0 Å². The molecule has 3 heteroatoms. The first-order valence-electron chi connectivity index (χ1n) is 16.4. The molecule has 0 radical (unpaired) electrons. The first-order chi connectivity index (χ1) is 18.1. The zero-order valence-corrected chi connectivity index (χ0v) is 25.3. The Morgan fingerprint density at radius 2 is 1.63 bits per heavy atom. The fourth-order valence-electron chi connectivity index (χ4n) is 10.8. The van der Waals surface area contributed by atoms with Crippen LogP contribution in [-0.4, -0.2) is 12.7 Å². The van der Waals surface area contributed by atoms with Crippen molar-refractivity contribution >= 4 is 11.4 Å². The molecule has 0 heterocycles. The SMILES string of the molecule is CC(C)CCC[C@@H](C)[C@H]1C(OCCc2cc(N)cc(N)c2)C[C@H]2[C@@H]3CCC4CCCC[C@]4(C)[C@H]3CC[C@]12C. The van der Waals surface area contributed by atoms with Gasteiger partial charge in [-0.25, -0.2) is 0 Å². The molecule has 4 aliphatic carbocycles. The summed E-state index contributed by atoms with van der Waals surface area (Å²) < 4.78 is 6.93. The average molecular weight is 523 g/mol. The van der Waals surface area contributed by atoms with Crippen molar-refractivity contribution in [3.8, 4) is 0 Å². The zero-order chi connectivity index (χ0) is 27.1. The van der Waals surface area contributed by atoms with Gasteiger partial charge in [-0.05, 0) is 127 Å². The molecule has 4 saturated carbocycles. The van der Waals surface area contributed by atoms with E-state index >= 15 is 0 Å². The third-order valence-corrected chi connectivity index (χ3v) is 12.5. The number of benzene rings is 1. The minimum Gasteiger partial charge on any atom is -0.399 e. The van der Waals surface area contributed by atoms with Gasteiger partial charge in [0.15, 0.2) is 0 Å². The van der Waals surface area contributed by atoms with E-state index in [1.807, 2.05) is 6.07 Å². The molecule has 4 N–H and O–H groups in total. The first kappa shape index (κ1) is 28.3. The fraction of sp³-hybridized carbons (Fsp3) is 0.829. The molecule has 0 aliphatic heterocycles. The Hall–Kier alpha value is -1.22. The lowest BCUT2D eigenvalue weighted by Crippen LogP contribution is -2.53. The largest absolute Gasteiger partial charge is 0.399 e. The van der Waals surface area contributed by atoms with E-state index in [0.717, 1.165) is 59.9 Å². The van der Waals surface area contributed by atoms with Crippen molar-refractivity contribution < 1.29 is 4.74 Å². The number of fused-ring (bicyclic) bond motifs is 5. The molecule has 0 spiro atoms. The molecule has 9 atom stereocenters. The molecule has 38 heavy (non-hydrogen) atoms. The lowest BCUT2D eigenvalue weighted by Gasteiger charge is -2.60.